The first-order valence-electron chi connectivity index (χ1n) is 9.79. The summed E-state index contributed by atoms with van der Waals surface area (Å²) in [5.41, 5.74) is 0.817. The summed E-state index contributed by atoms with van der Waals surface area (Å²) in [4.78, 5) is 22.8. The molecule has 1 amide bonds. The minimum absolute atomic E-state index is 0.0389. The molecular formula is C19H29N3O6S. The third-order valence-electron chi connectivity index (χ3n) is 5.23. The number of rotatable bonds is 9. The Labute approximate surface area is 171 Å². The highest BCUT2D eigenvalue weighted by Gasteiger charge is 2.34. The van der Waals surface area contributed by atoms with Gasteiger partial charge in [-0.15, -0.1) is 0 Å². The van der Waals surface area contributed by atoms with Crippen molar-refractivity contribution in [2.45, 2.75) is 44.9 Å². The van der Waals surface area contributed by atoms with E-state index in [9.17, 15) is 23.3 Å². The highest BCUT2D eigenvalue weighted by atomic mass is 32.2. The molecule has 0 spiro atoms. The van der Waals surface area contributed by atoms with Gasteiger partial charge in [-0.05, 0) is 51.2 Å². The number of non-ortho nitro benzene ring substituents is 1. The predicted octanol–water partition coefficient (Wildman–Crippen LogP) is 2.16. The largest absolute Gasteiger partial charge is 0.382 e. The second-order valence-corrected chi connectivity index (χ2v) is 9.07. The Bertz CT molecular complexity index is 848. The molecule has 0 bridgehead atoms. The van der Waals surface area contributed by atoms with E-state index < -0.39 is 14.9 Å². The topological polar surface area (TPSA) is 119 Å². The van der Waals surface area contributed by atoms with E-state index in [-0.39, 0.29) is 35.5 Å². The molecule has 9 nitrogen and oxygen atoms in total. The van der Waals surface area contributed by atoms with Crippen LogP contribution in [0.1, 0.15) is 37.3 Å². The van der Waals surface area contributed by atoms with E-state index in [4.69, 9.17) is 4.74 Å². The van der Waals surface area contributed by atoms with Crippen LogP contribution in [-0.4, -0.2) is 56.4 Å². The first kappa shape index (κ1) is 23.2. The predicted molar refractivity (Wildman–Crippen MR) is 108 cm³/mol. The monoisotopic (exact) mass is 427 g/mol. The molecule has 1 N–H and O–H groups in total. The number of ether oxygens (including phenoxy) is 1. The zero-order chi connectivity index (χ0) is 21.6. The summed E-state index contributed by atoms with van der Waals surface area (Å²) in [5, 5.41) is 14.0. The molecule has 0 aliphatic carbocycles. The number of piperidine rings is 1. The van der Waals surface area contributed by atoms with Crippen LogP contribution < -0.4 is 5.32 Å². The van der Waals surface area contributed by atoms with E-state index >= 15 is 0 Å². The van der Waals surface area contributed by atoms with Crippen molar-refractivity contribution in [3.05, 3.63) is 33.4 Å². The second kappa shape index (κ2) is 10.1. The molecule has 162 valence electrons. The van der Waals surface area contributed by atoms with E-state index in [1.165, 1.54) is 10.4 Å². The Hall–Kier alpha value is -2.04. The fourth-order valence-electron chi connectivity index (χ4n) is 3.35. The van der Waals surface area contributed by atoms with Crippen LogP contribution in [0.25, 0.3) is 0 Å². The molecule has 1 aromatic rings. The standard InChI is InChI=1S/C19H29N3O6S/c1-4-28-11-5-8-20-19(23)16-6-9-21(10-7-16)29(26,27)18-13-17(22(24)25)12-14(2)15(18)3/h12-13,16H,4-11H2,1-3H3,(H,20,23). The molecule has 1 aliphatic heterocycles. The maximum absolute atomic E-state index is 13.1. The number of carbonyl (C=O) groups excluding carboxylic acids is 1. The van der Waals surface area contributed by atoms with Crippen molar-refractivity contribution in [2.75, 3.05) is 32.8 Å². The van der Waals surface area contributed by atoms with Crippen molar-refractivity contribution in [3.63, 3.8) is 0 Å². The highest BCUT2D eigenvalue weighted by molar-refractivity contribution is 7.89. The number of carbonyl (C=O) groups is 1. The van der Waals surface area contributed by atoms with Gasteiger partial charge in [-0.25, -0.2) is 8.42 Å². The normalized spacial score (nSPS) is 16.0. The number of hydrogen-bond acceptors (Lipinski definition) is 6. The van der Waals surface area contributed by atoms with Crippen LogP contribution in [0.3, 0.4) is 0 Å². The van der Waals surface area contributed by atoms with Crippen molar-refractivity contribution in [1.29, 1.82) is 0 Å². The summed E-state index contributed by atoms with van der Waals surface area (Å²) in [6, 6.07) is 2.49. The Morgan fingerprint density at radius 3 is 2.55 bits per heavy atom. The van der Waals surface area contributed by atoms with Crippen LogP contribution in [0, 0.1) is 29.9 Å². The van der Waals surface area contributed by atoms with Gasteiger partial charge in [0.25, 0.3) is 5.69 Å². The molecule has 10 heteroatoms. The van der Waals surface area contributed by atoms with Crippen molar-refractivity contribution >= 4 is 21.6 Å². The number of aryl methyl sites for hydroxylation is 1. The third kappa shape index (κ3) is 5.74. The lowest BCUT2D eigenvalue weighted by molar-refractivity contribution is -0.385. The lowest BCUT2D eigenvalue weighted by atomic mass is 9.97. The van der Waals surface area contributed by atoms with Gasteiger partial charge in [0, 0.05) is 50.9 Å². The van der Waals surface area contributed by atoms with Gasteiger partial charge in [-0.1, -0.05) is 0 Å². The smallest absolute Gasteiger partial charge is 0.271 e. The molecule has 0 radical (unpaired) electrons. The Morgan fingerprint density at radius 1 is 1.31 bits per heavy atom. The zero-order valence-corrected chi connectivity index (χ0v) is 18.0. The Kier molecular flexibility index (Phi) is 8.12. The van der Waals surface area contributed by atoms with Crippen LogP contribution in [0.2, 0.25) is 0 Å². The molecule has 1 saturated heterocycles. The van der Waals surface area contributed by atoms with Crippen LogP contribution in [0.4, 0.5) is 5.69 Å². The first-order valence-corrected chi connectivity index (χ1v) is 11.2. The van der Waals surface area contributed by atoms with Crippen molar-refractivity contribution in [2.24, 2.45) is 5.92 Å². The van der Waals surface area contributed by atoms with E-state index in [2.05, 4.69) is 5.32 Å². The quantitative estimate of drug-likeness (QED) is 0.366. The summed E-state index contributed by atoms with van der Waals surface area (Å²) < 4.78 is 32.7. The summed E-state index contributed by atoms with van der Waals surface area (Å²) in [5.74, 6) is -0.303. The van der Waals surface area contributed by atoms with Crippen LogP contribution >= 0.6 is 0 Å². The average molecular weight is 428 g/mol. The van der Waals surface area contributed by atoms with E-state index in [0.717, 1.165) is 12.5 Å². The lowest BCUT2D eigenvalue weighted by Gasteiger charge is -2.31. The molecule has 29 heavy (non-hydrogen) atoms. The van der Waals surface area contributed by atoms with Gasteiger partial charge in [0.1, 0.15) is 0 Å². The van der Waals surface area contributed by atoms with Gasteiger partial charge in [0.2, 0.25) is 15.9 Å². The van der Waals surface area contributed by atoms with Crippen molar-refractivity contribution in [1.82, 2.24) is 9.62 Å². The fourth-order valence-corrected chi connectivity index (χ4v) is 5.14. The molecule has 0 atom stereocenters. The van der Waals surface area contributed by atoms with Crippen LogP contribution in [0.5, 0.6) is 0 Å². The molecule has 0 saturated carbocycles. The summed E-state index contributed by atoms with van der Waals surface area (Å²) in [6.45, 7) is 7.40. The fraction of sp³-hybridized carbons (Fsp3) is 0.632. The summed E-state index contributed by atoms with van der Waals surface area (Å²) in [7, 11) is -3.87. The number of amides is 1. The SMILES string of the molecule is CCOCCCNC(=O)C1CCN(S(=O)(=O)c2cc([N+](=O)[O-])cc(C)c2C)CC1. The Morgan fingerprint density at radius 2 is 1.97 bits per heavy atom. The molecule has 1 aromatic carbocycles. The van der Waals surface area contributed by atoms with E-state index in [1.807, 2.05) is 6.92 Å². The summed E-state index contributed by atoms with van der Waals surface area (Å²) in [6.07, 6.45) is 1.57. The minimum atomic E-state index is -3.87. The van der Waals surface area contributed by atoms with E-state index in [1.54, 1.807) is 13.8 Å². The van der Waals surface area contributed by atoms with Crippen LogP contribution in [0.15, 0.2) is 17.0 Å². The molecule has 0 aromatic heterocycles. The van der Waals surface area contributed by atoms with E-state index in [0.29, 0.717) is 43.7 Å². The van der Waals surface area contributed by atoms with Gasteiger partial charge in [0.15, 0.2) is 0 Å². The zero-order valence-electron chi connectivity index (χ0n) is 17.1. The van der Waals surface area contributed by atoms with Gasteiger partial charge in [-0.3, -0.25) is 14.9 Å². The maximum atomic E-state index is 13.1. The number of nitro groups is 1. The molecule has 0 unspecified atom stereocenters. The molecule has 1 heterocycles. The molecule has 1 fully saturated rings. The average Bonchev–Trinajstić information content (AvgIpc) is 2.69. The van der Waals surface area contributed by atoms with Crippen molar-refractivity contribution < 1.29 is 22.9 Å². The molecule has 1 aliphatic rings. The van der Waals surface area contributed by atoms with Crippen LogP contribution in [-0.2, 0) is 19.6 Å². The van der Waals surface area contributed by atoms with Gasteiger partial charge in [0.05, 0.1) is 9.82 Å². The number of hydrogen-bond donors (Lipinski definition) is 1. The number of nitrogens with one attached hydrogen (secondary N) is 1. The lowest BCUT2D eigenvalue weighted by Crippen LogP contribution is -2.43. The molecular weight excluding hydrogens is 398 g/mol. The highest BCUT2D eigenvalue weighted by Crippen LogP contribution is 2.30. The van der Waals surface area contributed by atoms with Gasteiger partial charge < -0.3 is 10.1 Å². The molecule has 2 rings (SSSR count). The number of nitrogens with zero attached hydrogens (tertiary/aromatic N) is 2. The number of sulfonamides is 1. The maximum Gasteiger partial charge on any atom is 0.271 e. The first-order chi connectivity index (χ1) is 13.7. The summed E-state index contributed by atoms with van der Waals surface area (Å²) >= 11 is 0. The van der Waals surface area contributed by atoms with Gasteiger partial charge in [-0.2, -0.15) is 4.31 Å². The van der Waals surface area contributed by atoms with Crippen molar-refractivity contribution in [3.8, 4) is 0 Å². The van der Waals surface area contributed by atoms with Gasteiger partial charge >= 0.3 is 0 Å². The third-order valence-corrected chi connectivity index (χ3v) is 7.25. The second-order valence-electron chi connectivity index (χ2n) is 7.16. The number of nitro benzene ring substituents is 1. The minimum Gasteiger partial charge on any atom is -0.382 e. The Balaban J connectivity index is 2.01. The number of benzene rings is 1.